The number of fused-ring (bicyclic) bond motifs is 1. The Kier molecular flexibility index (Phi) is 3.83. The van der Waals surface area contributed by atoms with E-state index in [1.807, 2.05) is 0 Å². The zero-order chi connectivity index (χ0) is 13.1. The molecule has 2 aliphatic rings. The largest absolute Gasteiger partial charge is 0.462 e. The molecule has 1 aliphatic heterocycles. The fraction of sp³-hybridized carbons (Fsp3) is 0.562. The van der Waals surface area contributed by atoms with E-state index in [0.717, 1.165) is 32.1 Å². The predicted octanol–water partition coefficient (Wildman–Crippen LogP) is 2.51. The van der Waals surface area contributed by atoms with Gasteiger partial charge in [-0.15, -0.1) is 0 Å². The molecule has 0 N–H and O–H groups in total. The zero-order valence-electron chi connectivity index (χ0n) is 11.1. The van der Waals surface area contributed by atoms with E-state index in [4.69, 9.17) is 9.47 Å². The molecular weight excluding hydrogens is 240 g/mol. The van der Waals surface area contributed by atoms with E-state index >= 15 is 0 Å². The lowest BCUT2D eigenvalue weighted by Crippen LogP contribution is -2.31. The van der Waals surface area contributed by atoms with E-state index in [1.165, 1.54) is 11.1 Å². The van der Waals surface area contributed by atoms with Crippen molar-refractivity contribution in [3.05, 3.63) is 35.4 Å². The SMILES string of the molecule is O=C(O[C@@H]1CCc2ccccc2C1)C1CCOCC1. The van der Waals surface area contributed by atoms with Crippen LogP contribution in [-0.4, -0.2) is 25.3 Å². The highest BCUT2D eigenvalue weighted by molar-refractivity contribution is 5.72. The van der Waals surface area contributed by atoms with Crippen LogP contribution in [0.3, 0.4) is 0 Å². The van der Waals surface area contributed by atoms with Crippen LogP contribution in [0, 0.1) is 5.92 Å². The molecule has 0 amide bonds. The number of carbonyl (C=O) groups is 1. The van der Waals surface area contributed by atoms with Gasteiger partial charge in [0.2, 0.25) is 0 Å². The van der Waals surface area contributed by atoms with Crippen LogP contribution in [-0.2, 0) is 27.1 Å². The minimum Gasteiger partial charge on any atom is -0.462 e. The van der Waals surface area contributed by atoms with Gasteiger partial charge in [-0.2, -0.15) is 0 Å². The van der Waals surface area contributed by atoms with Crippen LogP contribution in [0.5, 0.6) is 0 Å². The van der Waals surface area contributed by atoms with Crippen molar-refractivity contribution in [1.82, 2.24) is 0 Å². The standard InChI is InChI=1S/C16H20O3/c17-16(13-7-9-18-10-8-13)19-15-6-5-12-3-1-2-4-14(12)11-15/h1-4,13,15H,5-11H2/t15-/m1/s1. The summed E-state index contributed by atoms with van der Waals surface area (Å²) in [5, 5.41) is 0. The third kappa shape index (κ3) is 2.98. The van der Waals surface area contributed by atoms with Crippen molar-refractivity contribution in [1.29, 1.82) is 0 Å². The van der Waals surface area contributed by atoms with E-state index in [-0.39, 0.29) is 18.0 Å². The number of aryl methyl sites for hydroxylation is 1. The Bertz CT molecular complexity index is 449. The number of benzene rings is 1. The second kappa shape index (κ2) is 5.74. The topological polar surface area (TPSA) is 35.5 Å². The minimum absolute atomic E-state index is 0.0207. The van der Waals surface area contributed by atoms with Gasteiger partial charge >= 0.3 is 5.97 Å². The van der Waals surface area contributed by atoms with Gasteiger partial charge in [-0.05, 0) is 36.8 Å². The lowest BCUT2D eigenvalue weighted by molar-refractivity contribution is -0.157. The maximum absolute atomic E-state index is 12.1. The maximum Gasteiger partial charge on any atom is 0.309 e. The van der Waals surface area contributed by atoms with Gasteiger partial charge in [0.25, 0.3) is 0 Å². The summed E-state index contributed by atoms with van der Waals surface area (Å²) in [5.74, 6) is 0.0265. The molecule has 19 heavy (non-hydrogen) atoms. The summed E-state index contributed by atoms with van der Waals surface area (Å²) in [6, 6.07) is 8.45. The molecule has 0 saturated carbocycles. The molecule has 1 atom stereocenters. The van der Waals surface area contributed by atoms with Gasteiger partial charge in [-0.3, -0.25) is 4.79 Å². The summed E-state index contributed by atoms with van der Waals surface area (Å²) in [4.78, 5) is 12.1. The molecule has 3 rings (SSSR count). The summed E-state index contributed by atoms with van der Waals surface area (Å²) in [6.45, 7) is 1.38. The molecule has 1 heterocycles. The fourth-order valence-corrected chi connectivity index (χ4v) is 2.96. The molecule has 0 bridgehead atoms. The first kappa shape index (κ1) is 12.7. The zero-order valence-corrected chi connectivity index (χ0v) is 11.1. The maximum atomic E-state index is 12.1. The lowest BCUT2D eigenvalue weighted by atomic mass is 9.89. The third-order valence-corrected chi connectivity index (χ3v) is 4.14. The van der Waals surface area contributed by atoms with Crippen molar-refractivity contribution < 1.29 is 14.3 Å². The van der Waals surface area contributed by atoms with Gasteiger partial charge in [0, 0.05) is 19.6 Å². The second-order valence-electron chi connectivity index (χ2n) is 5.46. The van der Waals surface area contributed by atoms with Crippen LogP contribution >= 0.6 is 0 Å². The average molecular weight is 260 g/mol. The average Bonchev–Trinajstić information content (AvgIpc) is 2.48. The van der Waals surface area contributed by atoms with Gasteiger partial charge in [0.05, 0.1) is 5.92 Å². The summed E-state index contributed by atoms with van der Waals surface area (Å²) < 4.78 is 11.0. The van der Waals surface area contributed by atoms with Gasteiger partial charge in [-0.25, -0.2) is 0 Å². The number of carbonyl (C=O) groups excluding carboxylic acids is 1. The highest BCUT2D eigenvalue weighted by Gasteiger charge is 2.27. The molecular formula is C16H20O3. The van der Waals surface area contributed by atoms with Crippen molar-refractivity contribution in [3.63, 3.8) is 0 Å². The first-order valence-corrected chi connectivity index (χ1v) is 7.18. The first-order chi connectivity index (χ1) is 9.33. The van der Waals surface area contributed by atoms with E-state index in [1.54, 1.807) is 0 Å². The molecule has 1 aliphatic carbocycles. The Balaban J connectivity index is 1.58. The molecule has 102 valence electrons. The smallest absolute Gasteiger partial charge is 0.309 e. The van der Waals surface area contributed by atoms with Crippen LogP contribution in [0.1, 0.15) is 30.4 Å². The summed E-state index contributed by atoms with van der Waals surface area (Å²) >= 11 is 0. The third-order valence-electron chi connectivity index (χ3n) is 4.14. The van der Waals surface area contributed by atoms with Crippen molar-refractivity contribution in [2.45, 2.75) is 38.2 Å². The Hall–Kier alpha value is -1.35. The summed E-state index contributed by atoms with van der Waals surface area (Å²) in [6.07, 6.45) is 4.51. The Labute approximate surface area is 113 Å². The van der Waals surface area contributed by atoms with Gasteiger partial charge in [-0.1, -0.05) is 24.3 Å². The van der Waals surface area contributed by atoms with Gasteiger partial charge in [0.15, 0.2) is 0 Å². The molecule has 0 spiro atoms. The van der Waals surface area contributed by atoms with Crippen molar-refractivity contribution >= 4 is 5.97 Å². The Morgan fingerprint density at radius 2 is 1.84 bits per heavy atom. The molecule has 1 fully saturated rings. The van der Waals surface area contributed by atoms with E-state index in [2.05, 4.69) is 24.3 Å². The van der Waals surface area contributed by atoms with E-state index < -0.39 is 0 Å². The molecule has 1 aromatic carbocycles. The molecule has 0 unspecified atom stereocenters. The quantitative estimate of drug-likeness (QED) is 0.766. The lowest BCUT2D eigenvalue weighted by Gasteiger charge is -2.27. The van der Waals surface area contributed by atoms with Crippen molar-refractivity contribution in [2.75, 3.05) is 13.2 Å². The van der Waals surface area contributed by atoms with Crippen LogP contribution in [0.4, 0.5) is 0 Å². The highest BCUT2D eigenvalue weighted by Crippen LogP contribution is 2.25. The number of hydrogen-bond acceptors (Lipinski definition) is 3. The van der Waals surface area contributed by atoms with Gasteiger partial charge < -0.3 is 9.47 Å². The predicted molar refractivity (Wildman–Crippen MR) is 71.9 cm³/mol. The summed E-state index contributed by atoms with van der Waals surface area (Å²) in [7, 11) is 0. The highest BCUT2D eigenvalue weighted by atomic mass is 16.5. The van der Waals surface area contributed by atoms with Crippen molar-refractivity contribution in [2.24, 2.45) is 5.92 Å². The number of ether oxygens (including phenoxy) is 2. The van der Waals surface area contributed by atoms with Crippen LogP contribution in [0.25, 0.3) is 0 Å². The Morgan fingerprint density at radius 1 is 1.11 bits per heavy atom. The summed E-state index contributed by atoms with van der Waals surface area (Å²) in [5.41, 5.74) is 2.74. The molecule has 0 aromatic heterocycles. The number of hydrogen-bond donors (Lipinski definition) is 0. The molecule has 1 aromatic rings. The minimum atomic E-state index is -0.0207. The Morgan fingerprint density at radius 3 is 2.63 bits per heavy atom. The molecule has 0 radical (unpaired) electrons. The van der Waals surface area contributed by atoms with Gasteiger partial charge in [0.1, 0.15) is 6.10 Å². The molecule has 3 heteroatoms. The number of rotatable bonds is 2. The van der Waals surface area contributed by atoms with Crippen molar-refractivity contribution in [3.8, 4) is 0 Å². The first-order valence-electron chi connectivity index (χ1n) is 7.18. The fourth-order valence-electron chi connectivity index (χ4n) is 2.96. The molecule has 3 nitrogen and oxygen atoms in total. The number of esters is 1. The van der Waals surface area contributed by atoms with Crippen LogP contribution in [0.2, 0.25) is 0 Å². The monoisotopic (exact) mass is 260 g/mol. The molecule has 1 saturated heterocycles. The van der Waals surface area contributed by atoms with E-state index in [0.29, 0.717) is 13.2 Å². The van der Waals surface area contributed by atoms with Crippen LogP contribution in [0.15, 0.2) is 24.3 Å². The normalized spacial score (nSPS) is 23.7. The van der Waals surface area contributed by atoms with E-state index in [9.17, 15) is 4.79 Å². The van der Waals surface area contributed by atoms with Crippen LogP contribution < -0.4 is 0 Å². The second-order valence-corrected chi connectivity index (χ2v) is 5.46.